The first kappa shape index (κ1) is 13.5. The Morgan fingerprint density at radius 1 is 1.50 bits per heavy atom. The molecule has 1 aliphatic rings. The van der Waals surface area contributed by atoms with E-state index in [1.807, 2.05) is 0 Å². The standard InChI is InChI=1S/C11H19N3O3S/c1-3-18(15,16)14-8-4-5-10(14)6-7-11-12-9(2)17-13-11/h10H,3-8H2,1-2H3. The molecule has 2 rings (SSSR count). The number of aromatic nitrogens is 2. The van der Waals surface area contributed by atoms with Gasteiger partial charge in [-0.25, -0.2) is 8.42 Å². The SMILES string of the molecule is CCS(=O)(=O)N1CCCC1CCc1noc(C)n1. The van der Waals surface area contributed by atoms with Gasteiger partial charge in [0.05, 0.1) is 5.75 Å². The molecule has 0 aromatic carbocycles. The molecule has 1 aliphatic heterocycles. The minimum atomic E-state index is -3.08. The quantitative estimate of drug-likeness (QED) is 0.803. The van der Waals surface area contributed by atoms with Gasteiger partial charge in [-0.3, -0.25) is 0 Å². The van der Waals surface area contributed by atoms with E-state index in [4.69, 9.17) is 4.52 Å². The normalized spacial score (nSPS) is 21.6. The molecule has 1 aromatic rings. The summed E-state index contributed by atoms with van der Waals surface area (Å²) in [5, 5.41) is 3.83. The second kappa shape index (κ2) is 5.36. The summed E-state index contributed by atoms with van der Waals surface area (Å²) in [6, 6.07) is 0.0914. The number of hydrogen-bond donors (Lipinski definition) is 0. The monoisotopic (exact) mass is 273 g/mol. The summed E-state index contributed by atoms with van der Waals surface area (Å²) in [4.78, 5) is 4.13. The second-order valence-electron chi connectivity index (χ2n) is 4.58. The predicted octanol–water partition coefficient (Wildman–Crippen LogP) is 1.12. The highest BCUT2D eigenvalue weighted by atomic mass is 32.2. The lowest BCUT2D eigenvalue weighted by Crippen LogP contribution is -2.36. The first-order valence-electron chi connectivity index (χ1n) is 6.31. The van der Waals surface area contributed by atoms with E-state index < -0.39 is 10.0 Å². The zero-order chi connectivity index (χ0) is 13.2. The van der Waals surface area contributed by atoms with E-state index in [-0.39, 0.29) is 11.8 Å². The number of rotatable bonds is 5. The third-order valence-electron chi connectivity index (χ3n) is 3.32. The summed E-state index contributed by atoms with van der Waals surface area (Å²) in [6.45, 7) is 4.08. The van der Waals surface area contributed by atoms with Crippen LogP contribution in [0, 0.1) is 6.92 Å². The molecular formula is C11H19N3O3S. The molecule has 1 unspecified atom stereocenters. The van der Waals surface area contributed by atoms with Gasteiger partial charge in [-0.05, 0) is 26.2 Å². The van der Waals surface area contributed by atoms with Crippen molar-refractivity contribution in [2.75, 3.05) is 12.3 Å². The van der Waals surface area contributed by atoms with Crippen LogP contribution in [-0.4, -0.2) is 41.2 Å². The van der Waals surface area contributed by atoms with E-state index in [9.17, 15) is 8.42 Å². The molecule has 6 nitrogen and oxygen atoms in total. The lowest BCUT2D eigenvalue weighted by molar-refractivity contribution is 0.361. The van der Waals surface area contributed by atoms with E-state index in [1.165, 1.54) is 0 Å². The molecule has 1 atom stereocenters. The van der Waals surface area contributed by atoms with Crippen LogP contribution in [0.1, 0.15) is 37.9 Å². The van der Waals surface area contributed by atoms with Crippen molar-refractivity contribution in [2.24, 2.45) is 0 Å². The number of nitrogens with zero attached hydrogens (tertiary/aromatic N) is 3. The van der Waals surface area contributed by atoms with Gasteiger partial charge in [0.2, 0.25) is 15.9 Å². The van der Waals surface area contributed by atoms with Crippen LogP contribution in [0.5, 0.6) is 0 Å². The van der Waals surface area contributed by atoms with Crippen molar-refractivity contribution < 1.29 is 12.9 Å². The fraction of sp³-hybridized carbons (Fsp3) is 0.818. The van der Waals surface area contributed by atoms with E-state index in [2.05, 4.69) is 10.1 Å². The van der Waals surface area contributed by atoms with Crippen LogP contribution in [0.4, 0.5) is 0 Å². The Balaban J connectivity index is 1.96. The van der Waals surface area contributed by atoms with Crippen LogP contribution in [0.2, 0.25) is 0 Å². The maximum atomic E-state index is 11.9. The number of hydrogen-bond acceptors (Lipinski definition) is 5. The summed E-state index contributed by atoms with van der Waals surface area (Å²) in [5.74, 6) is 1.38. The molecule has 0 radical (unpaired) electrons. The second-order valence-corrected chi connectivity index (χ2v) is 6.79. The highest BCUT2D eigenvalue weighted by Gasteiger charge is 2.32. The van der Waals surface area contributed by atoms with Gasteiger partial charge in [0, 0.05) is 25.9 Å². The van der Waals surface area contributed by atoms with Crippen molar-refractivity contribution in [2.45, 2.75) is 45.6 Å². The minimum absolute atomic E-state index is 0.0914. The molecule has 0 amide bonds. The molecule has 1 aromatic heterocycles. The minimum Gasteiger partial charge on any atom is -0.340 e. The van der Waals surface area contributed by atoms with Gasteiger partial charge in [0.15, 0.2) is 5.82 Å². The average Bonchev–Trinajstić information content (AvgIpc) is 2.95. The molecule has 0 spiro atoms. The summed E-state index contributed by atoms with van der Waals surface area (Å²) in [7, 11) is -3.08. The maximum Gasteiger partial charge on any atom is 0.223 e. The molecule has 7 heteroatoms. The molecule has 0 aliphatic carbocycles. The Hall–Kier alpha value is -0.950. The number of sulfonamides is 1. The molecule has 2 heterocycles. The van der Waals surface area contributed by atoms with Crippen LogP contribution >= 0.6 is 0 Å². The summed E-state index contributed by atoms with van der Waals surface area (Å²) < 4.78 is 30.3. The average molecular weight is 273 g/mol. The van der Waals surface area contributed by atoms with Gasteiger partial charge in [0.25, 0.3) is 0 Å². The Bertz CT molecular complexity index is 497. The molecule has 102 valence electrons. The fourth-order valence-electron chi connectivity index (χ4n) is 2.37. The van der Waals surface area contributed by atoms with Crippen LogP contribution in [-0.2, 0) is 16.4 Å². The predicted molar refractivity (Wildman–Crippen MR) is 66.5 cm³/mol. The molecule has 0 bridgehead atoms. The van der Waals surface area contributed by atoms with Gasteiger partial charge in [0.1, 0.15) is 0 Å². The molecule has 1 saturated heterocycles. The maximum absolute atomic E-state index is 11.9. The van der Waals surface area contributed by atoms with E-state index in [0.717, 1.165) is 19.3 Å². The van der Waals surface area contributed by atoms with Crippen LogP contribution < -0.4 is 0 Å². The van der Waals surface area contributed by atoms with E-state index >= 15 is 0 Å². The highest BCUT2D eigenvalue weighted by Crippen LogP contribution is 2.24. The van der Waals surface area contributed by atoms with Crippen LogP contribution in [0.25, 0.3) is 0 Å². The van der Waals surface area contributed by atoms with Crippen molar-refractivity contribution >= 4 is 10.0 Å². The van der Waals surface area contributed by atoms with Gasteiger partial charge < -0.3 is 4.52 Å². The van der Waals surface area contributed by atoms with Crippen molar-refractivity contribution in [3.63, 3.8) is 0 Å². The van der Waals surface area contributed by atoms with E-state index in [1.54, 1.807) is 18.2 Å². The van der Waals surface area contributed by atoms with Crippen molar-refractivity contribution in [1.82, 2.24) is 14.4 Å². The third kappa shape index (κ3) is 2.89. The van der Waals surface area contributed by atoms with Crippen molar-refractivity contribution in [3.05, 3.63) is 11.7 Å². The molecule has 18 heavy (non-hydrogen) atoms. The lowest BCUT2D eigenvalue weighted by Gasteiger charge is -2.22. The van der Waals surface area contributed by atoms with Gasteiger partial charge in [-0.2, -0.15) is 9.29 Å². The zero-order valence-electron chi connectivity index (χ0n) is 10.8. The first-order valence-corrected chi connectivity index (χ1v) is 7.92. The summed E-state index contributed by atoms with van der Waals surface area (Å²) >= 11 is 0. The molecular weight excluding hydrogens is 254 g/mol. The van der Waals surface area contributed by atoms with Gasteiger partial charge in [-0.1, -0.05) is 5.16 Å². The van der Waals surface area contributed by atoms with Gasteiger partial charge in [-0.15, -0.1) is 0 Å². The summed E-state index contributed by atoms with van der Waals surface area (Å²) in [6.07, 6.45) is 3.29. The van der Waals surface area contributed by atoms with Crippen LogP contribution in [0.15, 0.2) is 4.52 Å². The van der Waals surface area contributed by atoms with Crippen molar-refractivity contribution in [3.8, 4) is 0 Å². The van der Waals surface area contributed by atoms with Crippen LogP contribution in [0.3, 0.4) is 0 Å². The number of aryl methyl sites for hydroxylation is 2. The zero-order valence-corrected chi connectivity index (χ0v) is 11.6. The Kier molecular flexibility index (Phi) is 4.01. The fourth-order valence-corrected chi connectivity index (χ4v) is 3.77. The molecule has 1 fully saturated rings. The Labute approximate surface area is 107 Å². The Morgan fingerprint density at radius 3 is 2.89 bits per heavy atom. The Morgan fingerprint density at radius 2 is 2.28 bits per heavy atom. The highest BCUT2D eigenvalue weighted by molar-refractivity contribution is 7.89. The third-order valence-corrected chi connectivity index (χ3v) is 5.24. The lowest BCUT2D eigenvalue weighted by atomic mass is 10.1. The first-order chi connectivity index (χ1) is 8.53. The summed E-state index contributed by atoms with van der Waals surface area (Å²) in [5.41, 5.74) is 0. The smallest absolute Gasteiger partial charge is 0.223 e. The van der Waals surface area contributed by atoms with Crippen molar-refractivity contribution in [1.29, 1.82) is 0 Å². The van der Waals surface area contributed by atoms with E-state index in [0.29, 0.717) is 24.7 Å². The topological polar surface area (TPSA) is 76.3 Å². The molecule has 0 saturated carbocycles. The largest absolute Gasteiger partial charge is 0.340 e. The van der Waals surface area contributed by atoms with Gasteiger partial charge >= 0.3 is 0 Å². The molecule has 0 N–H and O–H groups in total.